The van der Waals surface area contributed by atoms with Crippen molar-refractivity contribution < 1.29 is 27.8 Å². The molecule has 3 aromatic rings. The van der Waals surface area contributed by atoms with Gasteiger partial charge >= 0.3 is 12.1 Å². The molecule has 0 amide bonds. The highest BCUT2D eigenvalue weighted by atomic mass is 19.4. The van der Waals surface area contributed by atoms with E-state index in [4.69, 9.17) is 9.84 Å². The van der Waals surface area contributed by atoms with Crippen molar-refractivity contribution in [3.05, 3.63) is 89.0 Å². The Balaban J connectivity index is 1.48. The van der Waals surface area contributed by atoms with Gasteiger partial charge in [0.1, 0.15) is 12.4 Å². The van der Waals surface area contributed by atoms with Gasteiger partial charge < -0.3 is 9.84 Å². The smallest absolute Gasteiger partial charge is 0.417 e. The van der Waals surface area contributed by atoms with Gasteiger partial charge in [0.25, 0.3) is 0 Å². The molecule has 1 heterocycles. The minimum absolute atomic E-state index is 0.0136. The van der Waals surface area contributed by atoms with E-state index in [0.717, 1.165) is 24.6 Å². The van der Waals surface area contributed by atoms with Gasteiger partial charge in [-0.3, -0.25) is 9.69 Å². The molecule has 1 N–H and O–H groups in total. The monoisotopic (exact) mass is 455 g/mol. The predicted octanol–water partition coefficient (Wildman–Crippen LogP) is 5.78. The van der Waals surface area contributed by atoms with E-state index in [9.17, 15) is 18.0 Å². The van der Waals surface area contributed by atoms with Crippen LogP contribution in [0, 0.1) is 0 Å². The number of hydrogen-bond donors (Lipinski definition) is 1. The summed E-state index contributed by atoms with van der Waals surface area (Å²) in [5, 5.41) is 8.90. The molecular formula is C26H24F3NO3. The summed E-state index contributed by atoms with van der Waals surface area (Å²) in [7, 11) is 0. The van der Waals surface area contributed by atoms with Crippen LogP contribution in [0.2, 0.25) is 0 Å². The second kappa shape index (κ2) is 9.67. The number of alkyl halides is 3. The van der Waals surface area contributed by atoms with Crippen molar-refractivity contribution >= 4 is 5.97 Å². The molecule has 0 aliphatic carbocycles. The molecule has 3 aromatic carbocycles. The van der Waals surface area contributed by atoms with Crippen molar-refractivity contribution in [3.63, 3.8) is 0 Å². The van der Waals surface area contributed by atoms with E-state index in [0.29, 0.717) is 30.0 Å². The molecule has 4 nitrogen and oxygen atoms in total. The number of halogens is 3. The number of benzene rings is 3. The zero-order chi connectivity index (χ0) is 23.4. The average Bonchev–Trinajstić information content (AvgIpc) is 2.81. The zero-order valence-electron chi connectivity index (χ0n) is 17.9. The van der Waals surface area contributed by atoms with E-state index in [2.05, 4.69) is 4.90 Å². The number of fused-ring (bicyclic) bond motifs is 1. The van der Waals surface area contributed by atoms with Crippen molar-refractivity contribution in [2.24, 2.45) is 0 Å². The van der Waals surface area contributed by atoms with Crippen molar-refractivity contribution in [2.75, 3.05) is 13.1 Å². The largest absolute Gasteiger partial charge is 0.489 e. The molecule has 0 aromatic heterocycles. The Morgan fingerprint density at radius 3 is 2.52 bits per heavy atom. The third kappa shape index (κ3) is 5.73. The van der Waals surface area contributed by atoms with Crippen molar-refractivity contribution in [3.8, 4) is 16.9 Å². The number of carbonyl (C=O) groups is 1. The Labute approximate surface area is 190 Å². The first-order valence-corrected chi connectivity index (χ1v) is 10.7. The molecule has 0 radical (unpaired) electrons. The summed E-state index contributed by atoms with van der Waals surface area (Å²) in [4.78, 5) is 12.9. The van der Waals surface area contributed by atoms with Gasteiger partial charge in [-0.25, -0.2) is 0 Å². The number of ether oxygens (including phenoxy) is 1. The molecular weight excluding hydrogens is 431 g/mol. The minimum atomic E-state index is -4.48. The van der Waals surface area contributed by atoms with Crippen molar-refractivity contribution in [1.82, 2.24) is 4.90 Å². The number of hydrogen-bond acceptors (Lipinski definition) is 3. The first kappa shape index (κ1) is 22.9. The lowest BCUT2D eigenvalue weighted by atomic mass is 9.97. The van der Waals surface area contributed by atoms with Crippen LogP contribution in [0.25, 0.3) is 11.1 Å². The van der Waals surface area contributed by atoms with Gasteiger partial charge in [0.2, 0.25) is 0 Å². The normalized spacial score (nSPS) is 14.0. The summed E-state index contributed by atoms with van der Waals surface area (Å²) in [6.07, 6.45) is -3.57. The molecule has 33 heavy (non-hydrogen) atoms. The number of carboxylic acids is 1. The van der Waals surface area contributed by atoms with Crippen LogP contribution in [-0.2, 0) is 30.5 Å². The second-order valence-corrected chi connectivity index (χ2v) is 8.13. The lowest BCUT2D eigenvalue weighted by molar-refractivity contribution is -0.138. The topological polar surface area (TPSA) is 49.8 Å². The highest BCUT2D eigenvalue weighted by Gasteiger charge is 2.34. The standard InChI is InChI=1S/C26H24F3NO3/c27-26(28,29)24-14-18(6-9-23(24)20-4-2-1-3-5-20)17-33-22-8-7-19-10-12-30(13-11-25(31)32)16-21(19)15-22/h1-9,14-15H,10-13,16-17H2,(H,31,32). The predicted molar refractivity (Wildman–Crippen MR) is 119 cm³/mol. The van der Waals surface area contributed by atoms with E-state index in [-0.39, 0.29) is 18.6 Å². The molecule has 0 saturated heterocycles. The molecule has 0 unspecified atom stereocenters. The van der Waals surface area contributed by atoms with Gasteiger partial charge in [0.05, 0.1) is 12.0 Å². The Morgan fingerprint density at radius 1 is 1.00 bits per heavy atom. The van der Waals surface area contributed by atoms with E-state index in [1.165, 1.54) is 11.6 Å². The lowest BCUT2D eigenvalue weighted by Crippen LogP contribution is -2.32. The van der Waals surface area contributed by atoms with Crippen molar-refractivity contribution in [2.45, 2.75) is 32.2 Å². The van der Waals surface area contributed by atoms with Gasteiger partial charge in [-0.2, -0.15) is 13.2 Å². The summed E-state index contributed by atoms with van der Waals surface area (Å²) < 4.78 is 47.0. The first-order chi connectivity index (χ1) is 15.8. The fourth-order valence-corrected chi connectivity index (χ4v) is 4.08. The molecule has 1 aliphatic rings. The average molecular weight is 455 g/mol. The fourth-order valence-electron chi connectivity index (χ4n) is 4.08. The molecule has 4 rings (SSSR count). The van der Waals surface area contributed by atoms with Crippen LogP contribution in [0.3, 0.4) is 0 Å². The van der Waals surface area contributed by atoms with Gasteiger partial charge in [0.15, 0.2) is 0 Å². The van der Waals surface area contributed by atoms with Crippen LogP contribution in [-0.4, -0.2) is 29.1 Å². The van der Waals surface area contributed by atoms with Gasteiger partial charge in [-0.1, -0.05) is 48.5 Å². The Morgan fingerprint density at radius 2 is 1.79 bits per heavy atom. The summed E-state index contributed by atoms with van der Waals surface area (Å²) >= 11 is 0. The molecule has 0 bridgehead atoms. The Bertz CT molecular complexity index is 1130. The van der Waals surface area contributed by atoms with Gasteiger partial charge in [-0.15, -0.1) is 0 Å². The molecule has 172 valence electrons. The third-order valence-corrected chi connectivity index (χ3v) is 5.79. The minimum Gasteiger partial charge on any atom is -0.489 e. The van der Waals surface area contributed by atoms with E-state index >= 15 is 0 Å². The van der Waals surface area contributed by atoms with Crippen LogP contribution < -0.4 is 4.74 Å². The Kier molecular flexibility index (Phi) is 6.70. The molecule has 0 saturated carbocycles. The number of rotatable bonds is 7. The number of carboxylic acid groups (broad SMARTS) is 1. The summed E-state index contributed by atoms with van der Waals surface area (Å²) in [6, 6.07) is 18.5. The van der Waals surface area contributed by atoms with Crippen LogP contribution in [0.4, 0.5) is 13.2 Å². The number of aliphatic carboxylic acids is 1. The molecule has 1 aliphatic heterocycles. The highest BCUT2D eigenvalue weighted by Crippen LogP contribution is 2.38. The summed E-state index contributed by atoms with van der Waals surface area (Å²) in [6.45, 7) is 1.92. The van der Waals surface area contributed by atoms with Crippen LogP contribution in [0.5, 0.6) is 5.75 Å². The zero-order valence-corrected chi connectivity index (χ0v) is 17.9. The molecule has 7 heteroatoms. The fraction of sp³-hybridized carbons (Fsp3) is 0.269. The summed E-state index contributed by atoms with van der Waals surface area (Å²) in [5.74, 6) is -0.246. The highest BCUT2D eigenvalue weighted by molar-refractivity contribution is 5.68. The van der Waals surface area contributed by atoms with Crippen LogP contribution >= 0.6 is 0 Å². The second-order valence-electron chi connectivity index (χ2n) is 8.13. The van der Waals surface area contributed by atoms with Gasteiger partial charge in [-0.05, 0) is 52.4 Å². The van der Waals surface area contributed by atoms with Crippen molar-refractivity contribution in [1.29, 1.82) is 0 Å². The maximum absolute atomic E-state index is 13.7. The maximum atomic E-state index is 13.7. The van der Waals surface area contributed by atoms with Crippen LogP contribution in [0.1, 0.15) is 28.7 Å². The third-order valence-electron chi connectivity index (χ3n) is 5.79. The SMILES string of the molecule is O=C(O)CCN1CCc2ccc(OCc3ccc(-c4ccccc4)c(C(F)(F)F)c3)cc2C1. The first-order valence-electron chi connectivity index (χ1n) is 10.7. The van der Waals surface area contributed by atoms with Crippen LogP contribution in [0.15, 0.2) is 66.7 Å². The lowest BCUT2D eigenvalue weighted by Gasteiger charge is -2.28. The number of nitrogens with zero attached hydrogens (tertiary/aromatic N) is 1. The van der Waals surface area contributed by atoms with E-state index in [1.54, 1.807) is 36.4 Å². The van der Waals surface area contributed by atoms with E-state index < -0.39 is 17.7 Å². The molecule has 0 fully saturated rings. The maximum Gasteiger partial charge on any atom is 0.417 e. The molecule has 0 spiro atoms. The molecule has 0 atom stereocenters. The Hall–Kier alpha value is -3.32. The summed E-state index contributed by atoms with van der Waals surface area (Å²) in [5.41, 5.74) is 2.64. The quantitative estimate of drug-likeness (QED) is 0.490. The van der Waals surface area contributed by atoms with E-state index in [1.807, 2.05) is 18.2 Å². The van der Waals surface area contributed by atoms with Gasteiger partial charge in [0, 0.05) is 19.6 Å².